The number of methoxy groups -OCH3 is 1. The first-order valence-corrected chi connectivity index (χ1v) is 5.88. The molecule has 7 nitrogen and oxygen atoms in total. The summed E-state index contributed by atoms with van der Waals surface area (Å²) in [5, 5.41) is 23.1. The van der Waals surface area contributed by atoms with Gasteiger partial charge in [-0.05, 0) is 12.1 Å². The van der Waals surface area contributed by atoms with Gasteiger partial charge < -0.3 is 19.9 Å². The van der Waals surface area contributed by atoms with Crippen molar-refractivity contribution < 1.29 is 19.5 Å². The zero-order chi connectivity index (χ0) is 14.1. The molecule has 1 aromatic rings. The van der Waals surface area contributed by atoms with Crippen LogP contribution < -0.4 is 10.1 Å². The Bertz CT molecular complexity index is 382. The molecule has 0 aromatic heterocycles. The van der Waals surface area contributed by atoms with Crippen LogP contribution in [-0.4, -0.2) is 49.5 Å². The number of nitro benzene ring substituents is 1. The first kappa shape index (κ1) is 15.4. The fourth-order valence-corrected chi connectivity index (χ4v) is 1.36. The van der Waals surface area contributed by atoms with Gasteiger partial charge in [0.1, 0.15) is 18.5 Å². The van der Waals surface area contributed by atoms with Crippen molar-refractivity contribution in [1.29, 1.82) is 0 Å². The summed E-state index contributed by atoms with van der Waals surface area (Å²) in [4.78, 5) is 9.98. The molecular formula is C12H18N2O5. The van der Waals surface area contributed by atoms with E-state index in [1.807, 2.05) is 0 Å². The third-order valence-corrected chi connectivity index (χ3v) is 2.35. The fourth-order valence-electron chi connectivity index (χ4n) is 1.36. The monoisotopic (exact) mass is 270 g/mol. The van der Waals surface area contributed by atoms with Crippen LogP contribution in [0.15, 0.2) is 24.3 Å². The second-order valence-electron chi connectivity index (χ2n) is 3.91. The second-order valence-corrected chi connectivity index (χ2v) is 3.91. The minimum atomic E-state index is -0.646. The van der Waals surface area contributed by atoms with E-state index in [0.29, 0.717) is 25.4 Å². The predicted octanol–water partition coefficient (Wildman–Crippen LogP) is 0.570. The van der Waals surface area contributed by atoms with E-state index in [1.54, 1.807) is 7.11 Å². The van der Waals surface area contributed by atoms with Crippen molar-refractivity contribution in [3.05, 3.63) is 34.4 Å². The standard InChI is InChI=1S/C12H18N2O5/c1-18-7-6-13-8-11(15)9-19-12-4-2-10(3-5-12)14(16)17/h2-5,11,13,15H,6-9H2,1H3/t11-/m1/s1. The summed E-state index contributed by atoms with van der Waals surface area (Å²) in [5.41, 5.74) is 0.00845. The van der Waals surface area contributed by atoms with Gasteiger partial charge in [0.2, 0.25) is 0 Å². The Morgan fingerprint density at radius 3 is 2.68 bits per heavy atom. The van der Waals surface area contributed by atoms with Crippen LogP contribution in [0.5, 0.6) is 5.75 Å². The number of nitrogens with zero attached hydrogens (tertiary/aromatic N) is 1. The molecule has 19 heavy (non-hydrogen) atoms. The van der Waals surface area contributed by atoms with E-state index < -0.39 is 11.0 Å². The van der Waals surface area contributed by atoms with Gasteiger partial charge >= 0.3 is 0 Å². The van der Waals surface area contributed by atoms with E-state index in [4.69, 9.17) is 9.47 Å². The molecular weight excluding hydrogens is 252 g/mol. The summed E-state index contributed by atoms with van der Waals surface area (Å²) < 4.78 is 10.2. The number of rotatable bonds is 9. The molecule has 0 heterocycles. The van der Waals surface area contributed by atoms with E-state index in [-0.39, 0.29) is 12.3 Å². The van der Waals surface area contributed by atoms with Crippen molar-refractivity contribution in [3.8, 4) is 5.75 Å². The molecule has 0 aliphatic carbocycles. The Kier molecular flexibility index (Phi) is 6.80. The molecule has 106 valence electrons. The van der Waals surface area contributed by atoms with Crippen molar-refractivity contribution in [2.45, 2.75) is 6.10 Å². The van der Waals surface area contributed by atoms with Crippen LogP contribution in [0.4, 0.5) is 5.69 Å². The summed E-state index contributed by atoms with van der Waals surface area (Å²) in [6.07, 6.45) is -0.646. The summed E-state index contributed by atoms with van der Waals surface area (Å²) in [5.74, 6) is 0.488. The first-order valence-electron chi connectivity index (χ1n) is 5.88. The lowest BCUT2D eigenvalue weighted by Gasteiger charge is -2.13. The second kappa shape index (κ2) is 8.41. The number of aliphatic hydroxyl groups is 1. The summed E-state index contributed by atoms with van der Waals surface area (Å²) in [7, 11) is 1.61. The van der Waals surface area contributed by atoms with Gasteiger partial charge in [0.05, 0.1) is 11.5 Å². The molecule has 2 N–H and O–H groups in total. The maximum atomic E-state index is 10.5. The minimum Gasteiger partial charge on any atom is -0.491 e. The zero-order valence-corrected chi connectivity index (χ0v) is 10.7. The van der Waals surface area contributed by atoms with Crippen molar-refractivity contribution in [3.63, 3.8) is 0 Å². The zero-order valence-electron chi connectivity index (χ0n) is 10.7. The van der Waals surface area contributed by atoms with Crippen molar-refractivity contribution in [2.24, 2.45) is 0 Å². The lowest BCUT2D eigenvalue weighted by Crippen LogP contribution is -2.33. The van der Waals surface area contributed by atoms with E-state index >= 15 is 0 Å². The number of hydrogen-bond acceptors (Lipinski definition) is 6. The van der Waals surface area contributed by atoms with Crippen LogP contribution in [0.1, 0.15) is 0 Å². The minimum absolute atomic E-state index is 0.00845. The van der Waals surface area contributed by atoms with Gasteiger partial charge in [-0.3, -0.25) is 10.1 Å². The number of ether oxygens (including phenoxy) is 2. The lowest BCUT2D eigenvalue weighted by atomic mass is 10.3. The number of benzene rings is 1. The van der Waals surface area contributed by atoms with Gasteiger partial charge in [0, 0.05) is 32.3 Å². The van der Waals surface area contributed by atoms with Crippen LogP contribution in [0, 0.1) is 10.1 Å². The van der Waals surface area contributed by atoms with Crippen LogP contribution in [0.25, 0.3) is 0 Å². The Morgan fingerprint density at radius 1 is 1.42 bits per heavy atom. The SMILES string of the molecule is COCCNC[C@@H](O)COc1ccc([N+](=O)[O-])cc1. The van der Waals surface area contributed by atoms with E-state index in [2.05, 4.69) is 5.32 Å². The smallest absolute Gasteiger partial charge is 0.269 e. The van der Waals surface area contributed by atoms with E-state index in [9.17, 15) is 15.2 Å². The Hall–Kier alpha value is -1.70. The molecule has 7 heteroatoms. The van der Waals surface area contributed by atoms with Crippen LogP contribution in [-0.2, 0) is 4.74 Å². The quantitative estimate of drug-likeness (QED) is 0.387. The molecule has 0 fully saturated rings. The third-order valence-electron chi connectivity index (χ3n) is 2.35. The number of nitro groups is 1. The molecule has 0 bridgehead atoms. The molecule has 1 aromatic carbocycles. The fraction of sp³-hybridized carbons (Fsp3) is 0.500. The van der Waals surface area contributed by atoms with Crippen LogP contribution >= 0.6 is 0 Å². The number of non-ortho nitro benzene ring substituents is 1. The molecule has 0 saturated carbocycles. The summed E-state index contributed by atoms with van der Waals surface area (Å²) in [6.45, 7) is 1.76. The lowest BCUT2D eigenvalue weighted by molar-refractivity contribution is -0.384. The molecule has 1 atom stereocenters. The molecule has 0 saturated heterocycles. The molecule has 0 amide bonds. The number of aliphatic hydroxyl groups excluding tert-OH is 1. The van der Waals surface area contributed by atoms with Gasteiger partial charge in [-0.1, -0.05) is 0 Å². The largest absolute Gasteiger partial charge is 0.491 e. The molecule has 0 aliphatic rings. The van der Waals surface area contributed by atoms with E-state index in [1.165, 1.54) is 24.3 Å². The molecule has 0 aliphatic heterocycles. The Morgan fingerprint density at radius 2 is 2.11 bits per heavy atom. The predicted molar refractivity (Wildman–Crippen MR) is 69.3 cm³/mol. The highest BCUT2D eigenvalue weighted by Crippen LogP contribution is 2.17. The first-order chi connectivity index (χ1) is 9.13. The van der Waals surface area contributed by atoms with Crippen LogP contribution in [0.2, 0.25) is 0 Å². The van der Waals surface area contributed by atoms with Gasteiger partial charge in [0.15, 0.2) is 0 Å². The van der Waals surface area contributed by atoms with Crippen LogP contribution in [0.3, 0.4) is 0 Å². The highest BCUT2D eigenvalue weighted by Gasteiger charge is 2.07. The van der Waals surface area contributed by atoms with Crippen molar-refractivity contribution >= 4 is 5.69 Å². The maximum absolute atomic E-state index is 10.5. The average molecular weight is 270 g/mol. The van der Waals surface area contributed by atoms with Crippen molar-refractivity contribution in [1.82, 2.24) is 5.32 Å². The number of nitrogens with one attached hydrogen (secondary N) is 1. The third kappa shape index (κ3) is 6.14. The topological polar surface area (TPSA) is 93.9 Å². The highest BCUT2D eigenvalue weighted by molar-refractivity contribution is 5.35. The average Bonchev–Trinajstić information content (AvgIpc) is 2.42. The summed E-state index contributed by atoms with van der Waals surface area (Å²) in [6, 6.07) is 5.73. The van der Waals surface area contributed by atoms with Gasteiger partial charge in [-0.25, -0.2) is 0 Å². The highest BCUT2D eigenvalue weighted by atomic mass is 16.6. The summed E-state index contributed by atoms with van der Waals surface area (Å²) >= 11 is 0. The van der Waals surface area contributed by atoms with Gasteiger partial charge in [-0.15, -0.1) is 0 Å². The Balaban J connectivity index is 2.25. The number of hydrogen-bond donors (Lipinski definition) is 2. The normalized spacial score (nSPS) is 12.1. The molecule has 0 radical (unpaired) electrons. The molecule has 0 unspecified atom stereocenters. The van der Waals surface area contributed by atoms with Gasteiger partial charge in [-0.2, -0.15) is 0 Å². The van der Waals surface area contributed by atoms with E-state index in [0.717, 1.165) is 0 Å². The van der Waals surface area contributed by atoms with Gasteiger partial charge in [0.25, 0.3) is 5.69 Å². The molecule has 1 rings (SSSR count). The van der Waals surface area contributed by atoms with Crippen molar-refractivity contribution in [2.75, 3.05) is 33.4 Å². The Labute approximate surface area is 111 Å². The maximum Gasteiger partial charge on any atom is 0.269 e. The molecule has 0 spiro atoms.